The Balaban J connectivity index is 2.61. The van der Waals surface area contributed by atoms with E-state index in [2.05, 4.69) is 15.4 Å². The highest BCUT2D eigenvalue weighted by Crippen LogP contribution is 2.28. The van der Waals surface area contributed by atoms with Gasteiger partial charge in [-0.05, 0) is 23.8 Å². The van der Waals surface area contributed by atoms with Crippen LogP contribution in [0.5, 0.6) is 11.5 Å². The first-order chi connectivity index (χ1) is 11.5. The highest BCUT2D eigenvalue weighted by atomic mass is 16.5. The SMILES string of the molecule is COC(=O)N/C=C/c1ccc(OCC(O)CNC(C)C)c(OC)c1. The van der Waals surface area contributed by atoms with Gasteiger partial charge in [0.25, 0.3) is 0 Å². The van der Waals surface area contributed by atoms with Crippen molar-refractivity contribution < 1.29 is 24.1 Å². The summed E-state index contributed by atoms with van der Waals surface area (Å²) in [6, 6.07) is 5.63. The molecule has 0 aliphatic heterocycles. The normalized spacial score (nSPS) is 12.2. The second-order valence-corrected chi connectivity index (χ2v) is 5.41. The van der Waals surface area contributed by atoms with E-state index in [0.29, 0.717) is 24.1 Å². The first-order valence-corrected chi connectivity index (χ1v) is 7.69. The molecule has 7 heteroatoms. The van der Waals surface area contributed by atoms with Crippen molar-refractivity contribution in [3.8, 4) is 11.5 Å². The second kappa shape index (κ2) is 10.5. The lowest BCUT2D eigenvalue weighted by Gasteiger charge is -2.16. The molecule has 0 spiro atoms. The molecule has 0 aliphatic rings. The van der Waals surface area contributed by atoms with Gasteiger partial charge in [-0.2, -0.15) is 0 Å². The average molecular weight is 338 g/mol. The number of carbonyl (C=O) groups excluding carboxylic acids is 1. The van der Waals surface area contributed by atoms with Crippen molar-refractivity contribution >= 4 is 12.2 Å². The lowest BCUT2D eigenvalue weighted by atomic mass is 10.2. The van der Waals surface area contributed by atoms with Crippen LogP contribution in [0, 0.1) is 0 Å². The lowest BCUT2D eigenvalue weighted by molar-refractivity contribution is 0.103. The largest absolute Gasteiger partial charge is 0.493 e. The predicted octanol–water partition coefficient (Wildman–Crippen LogP) is 1.76. The van der Waals surface area contributed by atoms with Crippen molar-refractivity contribution in [3.05, 3.63) is 30.0 Å². The fraction of sp³-hybridized carbons (Fsp3) is 0.471. The van der Waals surface area contributed by atoms with Gasteiger partial charge in [0.05, 0.1) is 14.2 Å². The van der Waals surface area contributed by atoms with E-state index >= 15 is 0 Å². The highest BCUT2D eigenvalue weighted by Gasteiger charge is 2.09. The number of aliphatic hydroxyl groups is 1. The van der Waals surface area contributed by atoms with Gasteiger partial charge in [0.1, 0.15) is 12.7 Å². The maximum absolute atomic E-state index is 11.0. The third kappa shape index (κ3) is 7.34. The van der Waals surface area contributed by atoms with Gasteiger partial charge in [-0.1, -0.05) is 19.9 Å². The van der Waals surface area contributed by atoms with E-state index in [1.165, 1.54) is 13.3 Å². The molecule has 1 amide bonds. The van der Waals surface area contributed by atoms with Gasteiger partial charge in [0.2, 0.25) is 0 Å². The lowest BCUT2D eigenvalue weighted by Crippen LogP contribution is -2.35. The van der Waals surface area contributed by atoms with Crippen molar-refractivity contribution in [2.75, 3.05) is 27.4 Å². The zero-order chi connectivity index (χ0) is 17.9. The van der Waals surface area contributed by atoms with Gasteiger partial charge in [-0.3, -0.25) is 5.32 Å². The minimum absolute atomic E-state index is 0.162. The molecule has 0 bridgehead atoms. The summed E-state index contributed by atoms with van der Waals surface area (Å²) in [5.74, 6) is 1.08. The van der Waals surface area contributed by atoms with Crippen LogP contribution in [-0.4, -0.2) is 50.7 Å². The molecule has 1 rings (SSSR count). The summed E-state index contributed by atoms with van der Waals surface area (Å²) >= 11 is 0. The van der Waals surface area contributed by atoms with E-state index in [1.54, 1.807) is 25.3 Å². The Kier molecular flexibility index (Phi) is 8.67. The molecule has 134 valence electrons. The summed E-state index contributed by atoms with van der Waals surface area (Å²) in [5, 5.41) is 15.5. The first-order valence-electron chi connectivity index (χ1n) is 7.69. The Morgan fingerprint density at radius 2 is 2.04 bits per heavy atom. The number of methoxy groups -OCH3 is 2. The maximum Gasteiger partial charge on any atom is 0.410 e. The van der Waals surface area contributed by atoms with Gasteiger partial charge in [-0.15, -0.1) is 0 Å². The Labute approximate surface area is 142 Å². The summed E-state index contributed by atoms with van der Waals surface area (Å²) in [7, 11) is 2.84. The smallest absolute Gasteiger partial charge is 0.410 e. The number of rotatable bonds is 9. The van der Waals surface area contributed by atoms with Gasteiger partial charge < -0.3 is 24.6 Å². The Hall–Kier alpha value is -2.25. The molecule has 7 nitrogen and oxygen atoms in total. The van der Waals surface area contributed by atoms with Crippen molar-refractivity contribution in [2.45, 2.75) is 26.0 Å². The summed E-state index contributed by atoms with van der Waals surface area (Å²) < 4.78 is 15.4. The molecule has 0 aliphatic carbocycles. The molecule has 1 unspecified atom stereocenters. The topological polar surface area (TPSA) is 89.1 Å². The number of carbonyl (C=O) groups is 1. The number of hydrogen-bond donors (Lipinski definition) is 3. The predicted molar refractivity (Wildman–Crippen MR) is 92.2 cm³/mol. The monoisotopic (exact) mass is 338 g/mol. The van der Waals surface area contributed by atoms with Crippen molar-refractivity contribution in [1.29, 1.82) is 0 Å². The quantitative estimate of drug-likeness (QED) is 0.636. The summed E-state index contributed by atoms with van der Waals surface area (Å²) in [6.45, 7) is 4.64. The molecule has 0 heterocycles. The number of aliphatic hydroxyl groups excluding tert-OH is 1. The Morgan fingerprint density at radius 1 is 1.29 bits per heavy atom. The summed E-state index contributed by atoms with van der Waals surface area (Å²) in [5.41, 5.74) is 0.817. The van der Waals surface area contributed by atoms with E-state index < -0.39 is 12.2 Å². The van der Waals surface area contributed by atoms with Crippen LogP contribution in [0.1, 0.15) is 19.4 Å². The molecule has 0 saturated heterocycles. The highest BCUT2D eigenvalue weighted by molar-refractivity contribution is 5.69. The van der Waals surface area contributed by atoms with Crippen molar-refractivity contribution in [1.82, 2.24) is 10.6 Å². The maximum atomic E-state index is 11.0. The number of nitrogens with one attached hydrogen (secondary N) is 2. The zero-order valence-electron chi connectivity index (χ0n) is 14.5. The molecule has 1 atom stereocenters. The van der Waals surface area contributed by atoms with Crippen molar-refractivity contribution in [2.24, 2.45) is 0 Å². The molecule has 0 fully saturated rings. The minimum atomic E-state index is -0.610. The first kappa shape index (κ1) is 19.8. The molecule has 1 aromatic rings. The number of ether oxygens (including phenoxy) is 3. The van der Waals surface area contributed by atoms with E-state index in [9.17, 15) is 9.90 Å². The molecule has 0 saturated carbocycles. The molecular weight excluding hydrogens is 312 g/mol. The fourth-order valence-electron chi connectivity index (χ4n) is 1.79. The van der Waals surface area contributed by atoms with Gasteiger partial charge in [-0.25, -0.2) is 4.79 Å². The van der Waals surface area contributed by atoms with E-state index in [0.717, 1.165) is 5.56 Å². The van der Waals surface area contributed by atoms with Crippen LogP contribution in [0.4, 0.5) is 4.79 Å². The molecule has 24 heavy (non-hydrogen) atoms. The Morgan fingerprint density at radius 3 is 2.67 bits per heavy atom. The minimum Gasteiger partial charge on any atom is -0.493 e. The molecular formula is C17H26N2O5. The van der Waals surface area contributed by atoms with Crippen LogP contribution >= 0.6 is 0 Å². The molecule has 0 aromatic heterocycles. The van der Waals surface area contributed by atoms with Gasteiger partial charge >= 0.3 is 6.09 Å². The van der Waals surface area contributed by atoms with E-state index in [-0.39, 0.29) is 6.61 Å². The Bertz CT molecular complexity index is 546. The summed E-state index contributed by atoms with van der Waals surface area (Å²) in [4.78, 5) is 11.0. The van der Waals surface area contributed by atoms with Crippen LogP contribution < -0.4 is 20.1 Å². The molecule has 3 N–H and O–H groups in total. The molecule has 0 radical (unpaired) electrons. The number of amides is 1. The third-order valence-electron chi connectivity index (χ3n) is 3.04. The standard InChI is InChI=1S/C17H26N2O5/c1-12(2)19-10-14(20)11-24-15-6-5-13(9-16(15)22-3)7-8-18-17(21)23-4/h5-9,12,14,19-20H,10-11H2,1-4H3,(H,18,21)/b8-7+. The van der Waals surface area contributed by atoms with Crippen molar-refractivity contribution in [3.63, 3.8) is 0 Å². The van der Waals surface area contributed by atoms with E-state index in [4.69, 9.17) is 9.47 Å². The molecule has 1 aromatic carbocycles. The van der Waals surface area contributed by atoms with E-state index in [1.807, 2.05) is 19.9 Å². The second-order valence-electron chi connectivity index (χ2n) is 5.41. The van der Waals surface area contributed by atoms with Gasteiger partial charge in [0, 0.05) is 18.8 Å². The fourth-order valence-corrected chi connectivity index (χ4v) is 1.79. The van der Waals surface area contributed by atoms with Crippen LogP contribution in [0.25, 0.3) is 6.08 Å². The number of alkyl carbamates (subject to hydrolysis) is 1. The van der Waals surface area contributed by atoms with Crippen LogP contribution in [0.2, 0.25) is 0 Å². The zero-order valence-corrected chi connectivity index (χ0v) is 14.5. The number of hydrogen-bond acceptors (Lipinski definition) is 6. The van der Waals surface area contributed by atoms with Gasteiger partial charge in [0.15, 0.2) is 11.5 Å². The van der Waals surface area contributed by atoms with Crippen LogP contribution in [0.15, 0.2) is 24.4 Å². The van der Waals surface area contributed by atoms with Crippen LogP contribution in [0.3, 0.4) is 0 Å². The summed E-state index contributed by atoms with van der Waals surface area (Å²) in [6.07, 6.45) is 2.02. The third-order valence-corrected chi connectivity index (χ3v) is 3.04. The van der Waals surface area contributed by atoms with Crippen LogP contribution in [-0.2, 0) is 4.74 Å². The average Bonchev–Trinajstić information content (AvgIpc) is 2.58. The number of benzene rings is 1.